The fraction of sp³-hybridized carbons (Fsp3) is 0. The van der Waals surface area contributed by atoms with Gasteiger partial charge in [-0.25, -0.2) is 0 Å². The van der Waals surface area contributed by atoms with Gasteiger partial charge in [0.1, 0.15) is 0 Å². The lowest BCUT2D eigenvalue weighted by Gasteiger charge is -2.08. The molecule has 0 saturated heterocycles. The molecule has 1 N–H and O–H groups in total. The molecule has 2 nitrogen and oxygen atoms in total. The highest BCUT2D eigenvalue weighted by Gasteiger charge is 2.12. The molecule has 0 spiro atoms. The average molecular weight is 274 g/mol. The minimum absolute atomic E-state index is 0.218. The summed E-state index contributed by atoms with van der Waals surface area (Å²) in [5.41, 5.74) is 2.80. The zero-order valence-corrected chi connectivity index (χ0v) is 11.4. The van der Waals surface area contributed by atoms with E-state index in [9.17, 15) is 9.90 Å². The quantitative estimate of drug-likeness (QED) is 0.764. The van der Waals surface area contributed by atoms with Crippen LogP contribution in [0.5, 0.6) is 5.75 Å². The summed E-state index contributed by atoms with van der Waals surface area (Å²) in [4.78, 5) is 11.9. The molecular weight excluding hydrogens is 260 g/mol. The van der Waals surface area contributed by atoms with Crippen LogP contribution in [0, 0.1) is 0 Å². The molecule has 0 amide bonds. The topological polar surface area (TPSA) is 37.3 Å². The normalized spacial score (nSPS) is 10.3. The predicted molar refractivity (Wildman–Crippen MR) is 85.2 cm³/mol. The molecule has 0 atom stereocenters. The number of hydrogen-bond acceptors (Lipinski definition) is 2. The van der Waals surface area contributed by atoms with E-state index in [1.165, 1.54) is 6.07 Å². The second kappa shape index (κ2) is 5.63. The third-order valence-electron chi connectivity index (χ3n) is 3.40. The number of aromatic hydroxyl groups is 1. The van der Waals surface area contributed by atoms with Crippen LogP contribution in [0.25, 0.3) is 22.3 Å². The van der Waals surface area contributed by atoms with Crippen LogP contribution in [0.3, 0.4) is 0 Å². The maximum atomic E-state index is 11.9. The summed E-state index contributed by atoms with van der Waals surface area (Å²) in [5.74, 6) is -0.218. The van der Waals surface area contributed by atoms with Crippen molar-refractivity contribution in [2.75, 3.05) is 0 Å². The van der Waals surface area contributed by atoms with E-state index in [1.54, 1.807) is 6.07 Å². The first-order chi connectivity index (χ1) is 10.3. The molecule has 3 aromatic rings. The number of benzene rings is 2. The van der Waals surface area contributed by atoms with Crippen LogP contribution in [0.1, 0.15) is 0 Å². The van der Waals surface area contributed by atoms with Crippen molar-refractivity contribution in [3.05, 3.63) is 89.1 Å². The standard InChI is InChI=1S/C19H14O2/c20-17-13-7-12-16(14-8-3-1-4-9-14)18(19(17)21)15-10-5-2-6-11-15/h1-13H,(H,20,21). The maximum Gasteiger partial charge on any atom is 0.220 e. The Bertz CT molecular complexity index is 809. The minimum Gasteiger partial charge on any atom is -0.504 e. The molecule has 0 aliphatic heterocycles. The molecule has 0 aromatic heterocycles. The summed E-state index contributed by atoms with van der Waals surface area (Å²) >= 11 is 0. The Hall–Kier alpha value is -2.87. The summed E-state index contributed by atoms with van der Waals surface area (Å²) in [6, 6.07) is 24.1. The molecule has 0 unspecified atom stereocenters. The van der Waals surface area contributed by atoms with Gasteiger partial charge in [0.05, 0.1) is 0 Å². The minimum atomic E-state index is -0.379. The maximum absolute atomic E-state index is 11.9. The molecule has 0 aliphatic carbocycles. The molecule has 0 saturated carbocycles. The fourth-order valence-corrected chi connectivity index (χ4v) is 2.40. The summed E-state index contributed by atoms with van der Waals surface area (Å²) in [7, 11) is 0. The summed E-state index contributed by atoms with van der Waals surface area (Å²) < 4.78 is 0. The van der Waals surface area contributed by atoms with Gasteiger partial charge in [0.25, 0.3) is 0 Å². The Morgan fingerprint density at radius 3 is 1.81 bits per heavy atom. The second-order valence-electron chi connectivity index (χ2n) is 4.76. The van der Waals surface area contributed by atoms with Gasteiger partial charge < -0.3 is 5.11 Å². The van der Waals surface area contributed by atoms with Gasteiger partial charge in [-0.3, -0.25) is 4.79 Å². The second-order valence-corrected chi connectivity index (χ2v) is 4.76. The Morgan fingerprint density at radius 1 is 0.619 bits per heavy atom. The first kappa shape index (κ1) is 13.1. The van der Waals surface area contributed by atoms with Gasteiger partial charge in [0, 0.05) is 5.56 Å². The lowest BCUT2D eigenvalue weighted by atomic mass is 9.96. The molecule has 2 heteroatoms. The van der Waals surface area contributed by atoms with Crippen LogP contribution in [0.15, 0.2) is 83.7 Å². The van der Waals surface area contributed by atoms with Gasteiger partial charge in [0.2, 0.25) is 5.43 Å². The van der Waals surface area contributed by atoms with Gasteiger partial charge >= 0.3 is 0 Å². The van der Waals surface area contributed by atoms with Gasteiger partial charge in [0.15, 0.2) is 5.75 Å². The highest BCUT2D eigenvalue weighted by Crippen LogP contribution is 2.35. The van der Waals surface area contributed by atoms with Crippen molar-refractivity contribution in [1.82, 2.24) is 0 Å². The molecule has 0 fully saturated rings. The average Bonchev–Trinajstić information content (AvgIpc) is 2.69. The predicted octanol–water partition coefficient (Wildman–Crippen LogP) is 4.09. The van der Waals surface area contributed by atoms with Crippen molar-refractivity contribution in [2.24, 2.45) is 0 Å². The van der Waals surface area contributed by atoms with Crippen LogP contribution in [0.4, 0.5) is 0 Å². The molecule has 21 heavy (non-hydrogen) atoms. The molecule has 3 aromatic carbocycles. The summed E-state index contributed by atoms with van der Waals surface area (Å²) in [6.07, 6.45) is 0. The van der Waals surface area contributed by atoms with Crippen molar-refractivity contribution >= 4 is 0 Å². The Morgan fingerprint density at radius 2 is 1.19 bits per heavy atom. The van der Waals surface area contributed by atoms with Crippen molar-refractivity contribution in [2.45, 2.75) is 0 Å². The van der Waals surface area contributed by atoms with Crippen molar-refractivity contribution in [3.63, 3.8) is 0 Å². The summed E-state index contributed by atoms with van der Waals surface area (Å²) in [5, 5.41) is 10.3. The zero-order valence-electron chi connectivity index (χ0n) is 11.4. The van der Waals surface area contributed by atoms with E-state index in [0.717, 1.165) is 16.7 Å². The van der Waals surface area contributed by atoms with Crippen LogP contribution < -0.4 is 5.43 Å². The molecule has 0 aliphatic rings. The van der Waals surface area contributed by atoms with Gasteiger partial charge in [-0.2, -0.15) is 0 Å². The third-order valence-corrected chi connectivity index (χ3v) is 3.40. The highest BCUT2D eigenvalue weighted by atomic mass is 16.3. The van der Waals surface area contributed by atoms with Crippen LogP contribution in [-0.4, -0.2) is 5.11 Å². The molecule has 3 rings (SSSR count). The van der Waals surface area contributed by atoms with Gasteiger partial charge in [-0.1, -0.05) is 72.8 Å². The summed E-state index contributed by atoms with van der Waals surface area (Å²) in [6.45, 7) is 0. The smallest absolute Gasteiger partial charge is 0.220 e. The largest absolute Gasteiger partial charge is 0.504 e. The molecule has 0 radical (unpaired) electrons. The van der Waals surface area contributed by atoms with Crippen molar-refractivity contribution in [1.29, 1.82) is 0 Å². The van der Waals surface area contributed by atoms with E-state index >= 15 is 0 Å². The Labute approximate surface area is 123 Å². The number of hydrogen-bond donors (Lipinski definition) is 1. The van der Waals surface area contributed by atoms with E-state index < -0.39 is 0 Å². The van der Waals surface area contributed by atoms with Crippen LogP contribution in [0.2, 0.25) is 0 Å². The molecular formula is C19H14O2. The lowest BCUT2D eigenvalue weighted by molar-refractivity contribution is 0.473. The molecule has 0 heterocycles. The van der Waals surface area contributed by atoms with Gasteiger partial charge in [-0.15, -0.1) is 0 Å². The lowest BCUT2D eigenvalue weighted by Crippen LogP contribution is -1.95. The van der Waals surface area contributed by atoms with Crippen LogP contribution in [-0.2, 0) is 0 Å². The van der Waals surface area contributed by atoms with E-state index in [2.05, 4.69) is 0 Å². The first-order valence-corrected chi connectivity index (χ1v) is 6.74. The third kappa shape index (κ3) is 2.56. The Balaban J connectivity index is 2.39. The highest BCUT2D eigenvalue weighted by molar-refractivity contribution is 5.86. The fourth-order valence-electron chi connectivity index (χ4n) is 2.40. The van der Waals surface area contributed by atoms with Crippen LogP contribution >= 0.6 is 0 Å². The van der Waals surface area contributed by atoms with Crippen molar-refractivity contribution < 1.29 is 5.11 Å². The van der Waals surface area contributed by atoms with E-state index in [1.807, 2.05) is 66.7 Å². The molecule has 0 bridgehead atoms. The monoisotopic (exact) mass is 274 g/mol. The Kier molecular flexibility index (Phi) is 3.52. The van der Waals surface area contributed by atoms with E-state index in [4.69, 9.17) is 0 Å². The number of rotatable bonds is 2. The van der Waals surface area contributed by atoms with E-state index in [0.29, 0.717) is 5.56 Å². The zero-order chi connectivity index (χ0) is 14.7. The SMILES string of the molecule is O=c1cccc(-c2ccccc2)c(-c2ccccc2)c1O. The van der Waals surface area contributed by atoms with E-state index in [-0.39, 0.29) is 11.2 Å². The van der Waals surface area contributed by atoms with Gasteiger partial charge in [-0.05, 0) is 22.8 Å². The molecule has 102 valence electrons. The van der Waals surface area contributed by atoms with Crippen molar-refractivity contribution in [3.8, 4) is 28.0 Å². The first-order valence-electron chi connectivity index (χ1n) is 6.74.